The van der Waals surface area contributed by atoms with Crippen molar-refractivity contribution in [2.75, 3.05) is 0 Å². The molecule has 114 valence electrons. The van der Waals surface area contributed by atoms with Crippen LogP contribution in [0.5, 0.6) is 0 Å². The Balaban J connectivity index is 2.10. The topological polar surface area (TPSA) is 41.1 Å². The Bertz CT molecular complexity index is 683. The van der Waals surface area contributed by atoms with Crippen molar-refractivity contribution in [1.29, 1.82) is 0 Å². The molecule has 2 aromatic rings. The van der Waals surface area contributed by atoms with E-state index in [0.29, 0.717) is 10.6 Å². The second-order valence-corrected chi connectivity index (χ2v) is 5.88. The summed E-state index contributed by atoms with van der Waals surface area (Å²) in [5, 5.41) is 0.678. The molecule has 0 atom stereocenters. The smallest absolute Gasteiger partial charge is 0.270 e. The van der Waals surface area contributed by atoms with Gasteiger partial charge in [-0.15, -0.1) is 0 Å². The third-order valence-corrected chi connectivity index (χ3v) is 3.94. The maximum atomic E-state index is 12.2. The Hall–Kier alpha value is -1.78. The largest absolute Gasteiger partial charge is 0.298 e. The number of hydrogen-bond donors (Lipinski definition) is 2. The van der Waals surface area contributed by atoms with Crippen LogP contribution in [0.15, 0.2) is 59.1 Å². The van der Waals surface area contributed by atoms with Crippen molar-refractivity contribution in [3.8, 4) is 0 Å². The fourth-order valence-electron chi connectivity index (χ4n) is 1.91. The van der Waals surface area contributed by atoms with Crippen molar-refractivity contribution in [3.63, 3.8) is 0 Å². The number of nitrogens with one attached hydrogen (secondary N) is 2. The van der Waals surface area contributed by atoms with Gasteiger partial charge < -0.3 is 0 Å². The van der Waals surface area contributed by atoms with Crippen molar-refractivity contribution >= 4 is 39.1 Å². The third-order valence-electron chi connectivity index (χ3n) is 2.99. The molecule has 0 radical (unpaired) electrons. The Morgan fingerprint density at radius 3 is 2.45 bits per heavy atom. The first kappa shape index (κ1) is 16.6. The fourth-order valence-corrected chi connectivity index (χ4v) is 2.50. The van der Waals surface area contributed by atoms with Crippen molar-refractivity contribution < 1.29 is 4.79 Å². The number of amides is 1. The van der Waals surface area contributed by atoms with Crippen LogP contribution in [0.25, 0.3) is 5.70 Å². The molecule has 3 nitrogen and oxygen atoms in total. The molecule has 0 spiro atoms. The zero-order chi connectivity index (χ0) is 15.9. The highest BCUT2D eigenvalue weighted by atomic mass is 79.9. The minimum absolute atomic E-state index is 0.205. The molecule has 0 heterocycles. The van der Waals surface area contributed by atoms with Gasteiger partial charge in [0.25, 0.3) is 5.91 Å². The number of hydrogen-bond acceptors (Lipinski definition) is 2. The van der Waals surface area contributed by atoms with Crippen LogP contribution in [-0.4, -0.2) is 5.91 Å². The van der Waals surface area contributed by atoms with E-state index in [2.05, 4.69) is 26.8 Å². The molecule has 0 bridgehead atoms. The van der Waals surface area contributed by atoms with Crippen LogP contribution in [0.4, 0.5) is 0 Å². The first-order chi connectivity index (χ1) is 10.6. The van der Waals surface area contributed by atoms with Gasteiger partial charge in [0, 0.05) is 9.50 Å². The molecular weight excluding hydrogens is 364 g/mol. The molecule has 0 aliphatic heterocycles. The Morgan fingerprint density at radius 1 is 1.14 bits per heavy atom. The van der Waals surface area contributed by atoms with Crippen LogP contribution >= 0.6 is 27.5 Å². The van der Waals surface area contributed by atoms with E-state index in [0.717, 1.165) is 22.2 Å². The summed E-state index contributed by atoms with van der Waals surface area (Å²) in [4.78, 5) is 12.2. The summed E-state index contributed by atoms with van der Waals surface area (Å²) < 4.78 is 0.752. The number of benzene rings is 2. The van der Waals surface area contributed by atoms with E-state index in [9.17, 15) is 4.79 Å². The van der Waals surface area contributed by atoms with Gasteiger partial charge in [0.2, 0.25) is 0 Å². The summed E-state index contributed by atoms with van der Waals surface area (Å²) in [7, 11) is 0. The molecule has 0 unspecified atom stereocenters. The molecule has 1 amide bonds. The molecule has 5 heteroatoms. The van der Waals surface area contributed by atoms with E-state index in [-0.39, 0.29) is 5.91 Å². The van der Waals surface area contributed by atoms with E-state index in [1.54, 1.807) is 6.07 Å². The van der Waals surface area contributed by atoms with Gasteiger partial charge in [-0.05, 0) is 52.2 Å². The van der Waals surface area contributed by atoms with E-state index in [4.69, 9.17) is 11.6 Å². The van der Waals surface area contributed by atoms with Gasteiger partial charge in [0.05, 0.1) is 11.3 Å². The second-order valence-electron chi connectivity index (χ2n) is 4.59. The number of allylic oxidation sites excluding steroid dienone is 1. The minimum atomic E-state index is -0.205. The average Bonchev–Trinajstić information content (AvgIpc) is 2.52. The summed E-state index contributed by atoms with van der Waals surface area (Å²) in [6, 6.07) is 14.7. The van der Waals surface area contributed by atoms with Crippen LogP contribution in [0.1, 0.15) is 29.3 Å². The van der Waals surface area contributed by atoms with E-state index in [1.165, 1.54) is 0 Å². The van der Waals surface area contributed by atoms with Crippen LogP contribution in [0.2, 0.25) is 5.02 Å². The monoisotopic (exact) mass is 378 g/mol. The molecule has 0 fully saturated rings. The standard InChI is InChI=1S/C17H16BrClN2O/c1-2-5-16(12-8-10-13(19)11-9-12)20-21-17(22)14-6-3-4-7-15(14)18/h3-11,20H,2H2,1H3,(H,21,22). The SMILES string of the molecule is CCC=C(NNC(=O)c1ccccc1Br)c1ccc(Cl)cc1. The molecule has 0 aliphatic rings. The molecule has 2 rings (SSSR count). The van der Waals surface area contributed by atoms with Crippen molar-refractivity contribution in [2.24, 2.45) is 0 Å². The third kappa shape index (κ3) is 4.36. The lowest BCUT2D eigenvalue weighted by atomic mass is 10.1. The van der Waals surface area contributed by atoms with Gasteiger partial charge in [0.15, 0.2) is 0 Å². The van der Waals surface area contributed by atoms with Gasteiger partial charge in [-0.25, -0.2) is 0 Å². The van der Waals surface area contributed by atoms with Gasteiger partial charge in [-0.3, -0.25) is 15.6 Å². The second kappa shape index (κ2) is 8.01. The highest BCUT2D eigenvalue weighted by Crippen LogP contribution is 2.17. The van der Waals surface area contributed by atoms with Crippen LogP contribution < -0.4 is 10.9 Å². The van der Waals surface area contributed by atoms with Crippen LogP contribution in [0, 0.1) is 0 Å². The molecule has 0 aromatic heterocycles. The van der Waals surface area contributed by atoms with Gasteiger partial charge in [-0.1, -0.05) is 48.9 Å². The maximum absolute atomic E-state index is 12.2. The van der Waals surface area contributed by atoms with E-state index >= 15 is 0 Å². The van der Waals surface area contributed by atoms with E-state index < -0.39 is 0 Å². The summed E-state index contributed by atoms with van der Waals surface area (Å²) >= 11 is 9.27. The van der Waals surface area contributed by atoms with Gasteiger partial charge >= 0.3 is 0 Å². The molecular formula is C17H16BrClN2O. The number of rotatable bonds is 5. The maximum Gasteiger partial charge on any atom is 0.270 e. The lowest BCUT2D eigenvalue weighted by Gasteiger charge is -2.13. The summed E-state index contributed by atoms with van der Waals surface area (Å²) in [5.41, 5.74) is 8.06. The van der Waals surface area contributed by atoms with Crippen LogP contribution in [0.3, 0.4) is 0 Å². The molecule has 0 aliphatic carbocycles. The van der Waals surface area contributed by atoms with Crippen molar-refractivity contribution in [1.82, 2.24) is 10.9 Å². The highest BCUT2D eigenvalue weighted by molar-refractivity contribution is 9.10. The molecule has 2 N–H and O–H groups in total. The van der Waals surface area contributed by atoms with Gasteiger partial charge in [0.1, 0.15) is 0 Å². The number of halogens is 2. The number of carbonyl (C=O) groups is 1. The van der Waals surface area contributed by atoms with Gasteiger partial charge in [-0.2, -0.15) is 0 Å². The lowest BCUT2D eigenvalue weighted by Crippen LogP contribution is -2.36. The molecule has 22 heavy (non-hydrogen) atoms. The number of hydrazine groups is 1. The predicted octanol–water partition coefficient (Wildman–Crippen LogP) is 4.79. The first-order valence-electron chi connectivity index (χ1n) is 6.88. The van der Waals surface area contributed by atoms with E-state index in [1.807, 2.05) is 55.5 Å². The molecule has 0 saturated heterocycles. The fraction of sp³-hybridized carbons (Fsp3) is 0.118. The summed E-state index contributed by atoms with van der Waals surface area (Å²) in [6.07, 6.45) is 2.85. The zero-order valence-corrected chi connectivity index (χ0v) is 14.4. The molecule has 2 aromatic carbocycles. The normalized spacial score (nSPS) is 11.1. The average molecular weight is 380 g/mol. The minimum Gasteiger partial charge on any atom is -0.298 e. The zero-order valence-electron chi connectivity index (χ0n) is 12.1. The van der Waals surface area contributed by atoms with Crippen molar-refractivity contribution in [2.45, 2.75) is 13.3 Å². The lowest BCUT2D eigenvalue weighted by molar-refractivity contribution is 0.0941. The predicted molar refractivity (Wildman–Crippen MR) is 94.5 cm³/mol. The first-order valence-corrected chi connectivity index (χ1v) is 8.06. The molecule has 0 saturated carbocycles. The Kier molecular flexibility index (Phi) is 6.04. The Morgan fingerprint density at radius 2 is 1.82 bits per heavy atom. The Labute approximate surface area is 143 Å². The summed E-state index contributed by atoms with van der Waals surface area (Å²) in [5.74, 6) is -0.205. The summed E-state index contributed by atoms with van der Waals surface area (Å²) in [6.45, 7) is 2.03. The number of carbonyl (C=O) groups excluding carboxylic acids is 1. The van der Waals surface area contributed by atoms with Crippen molar-refractivity contribution in [3.05, 3.63) is 75.2 Å². The quantitative estimate of drug-likeness (QED) is 0.734. The highest BCUT2D eigenvalue weighted by Gasteiger charge is 2.09. The van der Waals surface area contributed by atoms with Crippen LogP contribution in [-0.2, 0) is 0 Å².